The second-order valence-corrected chi connectivity index (χ2v) is 5.06. The molecule has 0 saturated carbocycles. The van der Waals surface area contributed by atoms with Crippen LogP contribution >= 0.6 is 50.1 Å². The van der Waals surface area contributed by atoms with Crippen LogP contribution in [0, 0.1) is 3.57 Å². The second-order valence-electron chi connectivity index (χ2n) is 2.70. The first-order chi connectivity index (χ1) is 6.20. The molecular formula is C10H5BrClI. The molecule has 0 bridgehead atoms. The lowest BCUT2D eigenvalue weighted by Crippen LogP contribution is -1.80. The topological polar surface area (TPSA) is 0 Å². The maximum Gasteiger partial charge on any atom is 0.0495 e. The van der Waals surface area contributed by atoms with Gasteiger partial charge < -0.3 is 0 Å². The van der Waals surface area contributed by atoms with Gasteiger partial charge in [0.05, 0.1) is 0 Å². The maximum atomic E-state index is 6.11. The Morgan fingerprint density at radius 2 is 1.77 bits per heavy atom. The van der Waals surface area contributed by atoms with Crippen molar-refractivity contribution in [2.45, 2.75) is 0 Å². The highest BCUT2D eigenvalue weighted by Crippen LogP contribution is 2.33. The Morgan fingerprint density at radius 3 is 2.46 bits per heavy atom. The Bertz CT molecular complexity index is 468. The molecule has 2 aromatic rings. The molecule has 0 amide bonds. The molecule has 0 spiro atoms. The molecule has 3 heteroatoms. The third-order valence-corrected chi connectivity index (χ3v) is 4.64. The Hall–Kier alpha value is 0.200. The molecular weight excluding hydrogens is 362 g/mol. The molecule has 0 saturated heterocycles. The Balaban J connectivity index is 2.97. The molecule has 0 nitrogen and oxygen atoms in total. The smallest absolute Gasteiger partial charge is 0.0495 e. The molecule has 2 rings (SSSR count). The fourth-order valence-electron chi connectivity index (χ4n) is 1.26. The van der Waals surface area contributed by atoms with Gasteiger partial charge in [-0.15, -0.1) is 0 Å². The van der Waals surface area contributed by atoms with E-state index < -0.39 is 0 Å². The Kier molecular flexibility index (Phi) is 2.81. The lowest BCUT2D eigenvalue weighted by Gasteiger charge is -2.04. The zero-order valence-corrected chi connectivity index (χ0v) is 11.0. The summed E-state index contributed by atoms with van der Waals surface area (Å²) in [6.07, 6.45) is 0. The molecule has 0 unspecified atom stereocenters. The van der Waals surface area contributed by atoms with Crippen molar-refractivity contribution >= 4 is 60.9 Å². The van der Waals surface area contributed by atoms with E-state index in [2.05, 4.69) is 44.6 Å². The molecule has 0 radical (unpaired) electrons. The zero-order valence-electron chi connectivity index (χ0n) is 6.52. The van der Waals surface area contributed by atoms with E-state index >= 15 is 0 Å². The average Bonchev–Trinajstić information content (AvgIpc) is 2.15. The highest BCUT2D eigenvalue weighted by Gasteiger charge is 2.05. The summed E-state index contributed by atoms with van der Waals surface area (Å²) in [6.45, 7) is 0. The van der Waals surface area contributed by atoms with Gasteiger partial charge in [0.15, 0.2) is 0 Å². The third-order valence-electron chi connectivity index (χ3n) is 1.88. The number of rotatable bonds is 0. The minimum atomic E-state index is 0.809. The molecule has 0 aromatic heterocycles. The summed E-state index contributed by atoms with van der Waals surface area (Å²) in [5, 5.41) is 3.07. The van der Waals surface area contributed by atoms with Crippen LogP contribution in [0.5, 0.6) is 0 Å². The van der Waals surface area contributed by atoms with E-state index in [-0.39, 0.29) is 0 Å². The van der Waals surface area contributed by atoms with Crippen molar-refractivity contribution in [3.63, 3.8) is 0 Å². The highest BCUT2D eigenvalue weighted by molar-refractivity contribution is 14.1. The number of fused-ring (bicyclic) bond motifs is 1. The summed E-state index contributed by atoms with van der Waals surface area (Å²) < 4.78 is 2.26. The first-order valence-corrected chi connectivity index (χ1v) is 5.97. The summed E-state index contributed by atoms with van der Waals surface area (Å²) in [4.78, 5) is 0. The van der Waals surface area contributed by atoms with Gasteiger partial charge in [-0.05, 0) is 50.0 Å². The normalized spacial score (nSPS) is 10.7. The van der Waals surface area contributed by atoms with Gasteiger partial charge in [-0.3, -0.25) is 0 Å². The van der Waals surface area contributed by atoms with Gasteiger partial charge >= 0.3 is 0 Å². The quantitative estimate of drug-likeness (QED) is 0.461. The minimum Gasteiger partial charge on any atom is -0.0836 e. The Morgan fingerprint density at radius 1 is 1.15 bits per heavy atom. The van der Waals surface area contributed by atoms with E-state index in [1.165, 1.54) is 5.39 Å². The van der Waals surface area contributed by atoms with Gasteiger partial charge in [0.25, 0.3) is 0 Å². The van der Waals surface area contributed by atoms with E-state index in [0.717, 1.165) is 18.5 Å². The van der Waals surface area contributed by atoms with Gasteiger partial charge in [0.2, 0.25) is 0 Å². The maximum absolute atomic E-state index is 6.11. The van der Waals surface area contributed by atoms with Crippen LogP contribution in [0.15, 0.2) is 34.8 Å². The highest BCUT2D eigenvalue weighted by atomic mass is 127. The van der Waals surface area contributed by atoms with Crippen molar-refractivity contribution in [2.24, 2.45) is 0 Å². The van der Waals surface area contributed by atoms with Gasteiger partial charge in [0, 0.05) is 18.5 Å². The predicted octanol–water partition coefficient (Wildman–Crippen LogP) is 4.86. The summed E-state index contributed by atoms with van der Waals surface area (Å²) in [5.74, 6) is 0. The van der Waals surface area contributed by atoms with Crippen molar-refractivity contribution in [2.75, 3.05) is 0 Å². The van der Waals surface area contributed by atoms with Crippen LogP contribution in [0.4, 0.5) is 0 Å². The lowest BCUT2D eigenvalue weighted by molar-refractivity contribution is 1.65. The first-order valence-electron chi connectivity index (χ1n) is 3.72. The average molecular weight is 367 g/mol. The van der Waals surface area contributed by atoms with E-state index in [1.807, 2.05) is 24.3 Å². The molecule has 0 fully saturated rings. The molecule has 0 N–H and O–H groups in total. The van der Waals surface area contributed by atoms with Crippen LogP contribution in [0.25, 0.3) is 10.8 Å². The van der Waals surface area contributed by atoms with Crippen molar-refractivity contribution < 1.29 is 0 Å². The predicted molar refractivity (Wildman–Crippen MR) is 69.4 cm³/mol. The van der Waals surface area contributed by atoms with E-state index in [0.29, 0.717) is 0 Å². The monoisotopic (exact) mass is 366 g/mol. The van der Waals surface area contributed by atoms with Crippen LogP contribution in [0.1, 0.15) is 0 Å². The number of hydrogen-bond acceptors (Lipinski definition) is 0. The molecule has 0 aliphatic rings. The van der Waals surface area contributed by atoms with E-state index in [9.17, 15) is 0 Å². The zero-order chi connectivity index (χ0) is 9.42. The molecule has 0 heterocycles. The fraction of sp³-hybridized carbons (Fsp3) is 0. The van der Waals surface area contributed by atoms with Crippen LogP contribution < -0.4 is 0 Å². The second kappa shape index (κ2) is 3.75. The summed E-state index contributed by atoms with van der Waals surface area (Å²) >= 11 is 11.9. The van der Waals surface area contributed by atoms with Crippen LogP contribution in [-0.4, -0.2) is 0 Å². The lowest BCUT2D eigenvalue weighted by atomic mass is 10.1. The summed E-state index contributed by atoms with van der Waals surface area (Å²) in [6, 6.07) is 10.1. The molecule has 66 valence electrons. The van der Waals surface area contributed by atoms with Crippen LogP contribution in [-0.2, 0) is 0 Å². The van der Waals surface area contributed by atoms with Crippen molar-refractivity contribution in [3.8, 4) is 0 Å². The van der Waals surface area contributed by atoms with E-state index in [4.69, 9.17) is 11.6 Å². The van der Waals surface area contributed by atoms with Crippen molar-refractivity contribution in [1.29, 1.82) is 0 Å². The molecule has 0 atom stereocenters. The van der Waals surface area contributed by atoms with Gasteiger partial charge in [-0.2, -0.15) is 0 Å². The molecule has 13 heavy (non-hydrogen) atoms. The summed E-state index contributed by atoms with van der Waals surface area (Å²) in [5.41, 5.74) is 0. The van der Waals surface area contributed by atoms with E-state index in [1.54, 1.807) is 0 Å². The first kappa shape index (κ1) is 9.74. The largest absolute Gasteiger partial charge is 0.0836 e. The van der Waals surface area contributed by atoms with Gasteiger partial charge in [-0.1, -0.05) is 35.9 Å². The SMILES string of the molecule is Clc1cc(I)c(Br)c2ccccc12. The molecule has 0 aliphatic heterocycles. The van der Waals surface area contributed by atoms with Crippen LogP contribution in [0.3, 0.4) is 0 Å². The fourth-order valence-corrected chi connectivity index (χ4v) is 2.78. The van der Waals surface area contributed by atoms with Crippen LogP contribution in [0.2, 0.25) is 5.02 Å². The van der Waals surface area contributed by atoms with Crippen molar-refractivity contribution in [3.05, 3.63) is 43.4 Å². The standard InChI is InChI=1S/C10H5BrClI/c11-10-7-4-2-1-3-6(7)8(12)5-9(10)13/h1-5H. The molecule has 2 aromatic carbocycles. The summed E-state index contributed by atoms with van der Waals surface area (Å²) in [7, 11) is 0. The number of halogens is 3. The number of hydrogen-bond donors (Lipinski definition) is 0. The minimum absolute atomic E-state index is 0.809. The van der Waals surface area contributed by atoms with Gasteiger partial charge in [-0.25, -0.2) is 0 Å². The molecule has 0 aliphatic carbocycles. The third kappa shape index (κ3) is 1.72. The van der Waals surface area contributed by atoms with Crippen molar-refractivity contribution in [1.82, 2.24) is 0 Å². The van der Waals surface area contributed by atoms with Gasteiger partial charge in [0.1, 0.15) is 0 Å². The number of benzene rings is 2. The Labute approximate surface area is 104 Å².